The van der Waals surface area contributed by atoms with E-state index in [1.165, 1.54) is 24.3 Å². The Morgan fingerprint density at radius 1 is 1.27 bits per heavy atom. The van der Waals surface area contributed by atoms with E-state index in [0.717, 1.165) is 30.6 Å². The number of fused-ring (bicyclic) bond motifs is 1. The van der Waals surface area contributed by atoms with Crippen molar-refractivity contribution >= 4 is 29.3 Å². The molecule has 5 rings (SSSR count). The summed E-state index contributed by atoms with van der Waals surface area (Å²) >= 11 is 0. The highest BCUT2D eigenvalue weighted by atomic mass is 19.4. The zero-order valence-corrected chi connectivity index (χ0v) is 21.7. The van der Waals surface area contributed by atoms with Gasteiger partial charge in [-0.05, 0) is 30.7 Å². The summed E-state index contributed by atoms with van der Waals surface area (Å²) in [4.78, 5) is 58.5. The molecule has 4 atom stereocenters. The molecule has 1 aromatic heterocycles. The van der Waals surface area contributed by atoms with E-state index in [9.17, 15) is 37.6 Å². The van der Waals surface area contributed by atoms with Crippen molar-refractivity contribution in [2.24, 2.45) is 11.8 Å². The van der Waals surface area contributed by atoms with E-state index in [2.05, 4.69) is 10.3 Å². The van der Waals surface area contributed by atoms with Crippen molar-refractivity contribution in [1.29, 1.82) is 5.26 Å². The number of amides is 4. The first-order valence-electron chi connectivity index (χ1n) is 13.2. The van der Waals surface area contributed by atoms with E-state index in [1.807, 2.05) is 11.4 Å². The SMILES string of the molecule is CN(C(=O)C(CC1CC1)NC(=O)C(F)(F)F)C(CC1CC1)C(=O)N1CC2(CC1C#N)Oc1cnccc1NC2=O. The molecule has 0 aromatic carbocycles. The molecule has 1 saturated heterocycles. The summed E-state index contributed by atoms with van der Waals surface area (Å²) in [5.41, 5.74) is -1.14. The number of anilines is 1. The third kappa shape index (κ3) is 5.55. The van der Waals surface area contributed by atoms with Gasteiger partial charge in [-0.15, -0.1) is 0 Å². The summed E-state index contributed by atoms with van der Waals surface area (Å²) in [6, 6.07) is 0.00608. The number of likely N-dealkylation sites (tertiary alicyclic amines) is 1. The Bertz CT molecular complexity index is 1260. The largest absolute Gasteiger partial charge is 0.472 e. The van der Waals surface area contributed by atoms with Crippen molar-refractivity contribution in [2.45, 2.75) is 74.8 Å². The van der Waals surface area contributed by atoms with Crippen LogP contribution in [0.1, 0.15) is 44.9 Å². The van der Waals surface area contributed by atoms with Crippen LogP contribution in [0, 0.1) is 23.2 Å². The van der Waals surface area contributed by atoms with Gasteiger partial charge < -0.3 is 25.2 Å². The van der Waals surface area contributed by atoms with Gasteiger partial charge in [-0.25, -0.2) is 0 Å². The number of nitrogens with zero attached hydrogens (tertiary/aromatic N) is 4. The van der Waals surface area contributed by atoms with Crippen molar-refractivity contribution in [3.05, 3.63) is 18.5 Å². The zero-order valence-electron chi connectivity index (χ0n) is 21.7. The molecule has 4 amide bonds. The third-order valence-electron chi connectivity index (χ3n) is 7.99. The molecule has 3 fully saturated rings. The fraction of sp³-hybridized carbons (Fsp3) is 0.615. The summed E-state index contributed by atoms with van der Waals surface area (Å²) in [5, 5.41) is 14.4. The lowest BCUT2D eigenvalue weighted by Gasteiger charge is -2.36. The summed E-state index contributed by atoms with van der Waals surface area (Å²) in [6.45, 7) is -0.260. The van der Waals surface area contributed by atoms with Crippen LogP contribution in [0.3, 0.4) is 0 Å². The molecule has 2 N–H and O–H groups in total. The minimum absolute atomic E-state index is 0.00852. The number of ether oxygens (including phenoxy) is 1. The van der Waals surface area contributed by atoms with E-state index < -0.39 is 53.5 Å². The second-order valence-corrected chi connectivity index (χ2v) is 11.1. The molecule has 2 aliphatic carbocycles. The molecular formula is C26H29F3N6O5. The Hall–Kier alpha value is -3.89. The van der Waals surface area contributed by atoms with Gasteiger partial charge in [0.15, 0.2) is 5.75 Å². The quantitative estimate of drug-likeness (QED) is 0.491. The second kappa shape index (κ2) is 10.3. The number of hydrogen-bond donors (Lipinski definition) is 2. The van der Waals surface area contributed by atoms with Gasteiger partial charge in [0.1, 0.15) is 18.1 Å². The molecule has 4 unspecified atom stereocenters. The zero-order chi connectivity index (χ0) is 28.8. The Morgan fingerprint density at radius 2 is 1.95 bits per heavy atom. The molecular weight excluding hydrogens is 533 g/mol. The number of likely N-dealkylation sites (N-methyl/N-ethyl adjacent to an activating group) is 1. The van der Waals surface area contributed by atoms with Gasteiger partial charge in [0, 0.05) is 19.7 Å². The predicted molar refractivity (Wildman–Crippen MR) is 131 cm³/mol. The Labute approximate surface area is 228 Å². The number of carbonyl (C=O) groups excluding carboxylic acids is 4. The van der Waals surface area contributed by atoms with Crippen molar-refractivity contribution in [3.8, 4) is 11.8 Å². The van der Waals surface area contributed by atoms with Gasteiger partial charge in [-0.3, -0.25) is 24.2 Å². The predicted octanol–water partition coefficient (Wildman–Crippen LogP) is 1.75. The first-order chi connectivity index (χ1) is 18.9. The van der Waals surface area contributed by atoms with E-state index in [0.29, 0.717) is 11.4 Å². The highest BCUT2D eigenvalue weighted by Crippen LogP contribution is 2.41. The van der Waals surface area contributed by atoms with Crippen LogP contribution in [-0.4, -0.2) is 81.9 Å². The number of pyridine rings is 1. The highest BCUT2D eigenvalue weighted by molar-refractivity contribution is 6.02. The molecule has 214 valence electrons. The van der Waals surface area contributed by atoms with Gasteiger partial charge in [0.05, 0.1) is 24.5 Å². The molecule has 2 saturated carbocycles. The average Bonchev–Trinajstić information content (AvgIpc) is 3.85. The third-order valence-corrected chi connectivity index (χ3v) is 7.99. The number of rotatable bonds is 8. The lowest BCUT2D eigenvalue weighted by molar-refractivity contribution is -0.175. The van der Waals surface area contributed by atoms with Crippen LogP contribution in [-0.2, 0) is 19.2 Å². The first kappa shape index (κ1) is 27.7. The highest BCUT2D eigenvalue weighted by Gasteiger charge is 2.56. The van der Waals surface area contributed by atoms with Gasteiger partial charge in [-0.2, -0.15) is 18.4 Å². The number of hydrogen-bond acceptors (Lipinski definition) is 7. The van der Waals surface area contributed by atoms with Crippen molar-refractivity contribution in [2.75, 3.05) is 18.9 Å². The van der Waals surface area contributed by atoms with Gasteiger partial charge >= 0.3 is 12.1 Å². The van der Waals surface area contributed by atoms with Crippen LogP contribution in [0.15, 0.2) is 18.5 Å². The molecule has 0 radical (unpaired) electrons. The summed E-state index contributed by atoms with van der Waals surface area (Å²) in [5.74, 6) is -3.73. The van der Waals surface area contributed by atoms with Crippen LogP contribution < -0.4 is 15.4 Å². The average molecular weight is 563 g/mol. The second-order valence-electron chi connectivity index (χ2n) is 11.1. The number of halogens is 3. The Kier molecular flexibility index (Phi) is 7.09. The van der Waals surface area contributed by atoms with E-state index in [4.69, 9.17) is 4.74 Å². The number of nitriles is 1. The monoisotopic (exact) mass is 562 g/mol. The van der Waals surface area contributed by atoms with Crippen LogP contribution in [0.4, 0.5) is 18.9 Å². The summed E-state index contributed by atoms with van der Waals surface area (Å²) < 4.78 is 45.0. The smallest absolute Gasteiger partial charge is 0.471 e. The van der Waals surface area contributed by atoms with Gasteiger partial charge in [-0.1, -0.05) is 25.7 Å². The summed E-state index contributed by atoms with van der Waals surface area (Å²) in [6.07, 6.45) is 1.01. The fourth-order valence-corrected chi connectivity index (χ4v) is 5.35. The molecule has 2 aliphatic heterocycles. The summed E-state index contributed by atoms with van der Waals surface area (Å²) in [7, 11) is 1.33. The maximum absolute atomic E-state index is 14.0. The van der Waals surface area contributed by atoms with E-state index in [1.54, 1.807) is 6.07 Å². The molecule has 11 nitrogen and oxygen atoms in total. The maximum atomic E-state index is 14.0. The maximum Gasteiger partial charge on any atom is 0.471 e. The molecule has 4 aliphatic rings. The Morgan fingerprint density at radius 3 is 2.58 bits per heavy atom. The van der Waals surface area contributed by atoms with Gasteiger partial charge in [0.25, 0.3) is 5.91 Å². The normalized spacial score (nSPS) is 25.2. The minimum Gasteiger partial charge on any atom is -0.472 e. The van der Waals surface area contributed by atoms with Crippen molar-refractivity contribution in [3.63, 3.8) is 0 Å². The van der Waals surface area contributed by atoms with Crippen molar-refractivity contribution < 1.29 is 37.1 Å². The molecule has 1 aromatic rings. The topological polar surface area (TPSA) is 145 Å². The van der Waals surface area contributed by atoms with Gasteiger partial charge in [0.2, 0.25) is 17.4 Å². The van der Waals surface area contributed by atoms with Crippen LogP contribution in [0.2, 0.25) is 0 Å². The first-order valence-corrected chi connectivity index (χ1v) is 13.2. The molecule has 0 bridgehead atoms. The fourth-order valence-electron chi connectivity index (χ4n) is 5.35. The van der Waals surface area contributed by atoms with Crippen LogP contribution >= 0.6 is 0 Å². The van der Waals surface area contributed by atoms with Crippen molar-refractivity contribution in [1.82, 2.24) is 20.1 Å². The number of aromatic nitrogens is 1. The molecule has 1 spiro atoms. The Balaban J connectivity index is 1.37. The molecule has 3 heterocycles. The lowest BCUT2D eigenvalue weighted by atomic mass is 9.97. The van der Waals surface area contributed by atoms with Crippen LogP contribution in [0.25, 0.3) is 0 Å². The number of carbonyl (C=O) groups is 4. The minimum atomic E-state index is -5.16. The van der Waals surface area contributed by atoms with E-state index in [-0.39, 0.29) is 37.6 Å². The number of alkyl halides is 3. The molecule has 40 heavy (non-hydrogen) atoms. The van der Waals surface area contributed by atoms with Crippen LogP contribution in [0.5, 0.6) is 5.75 Å². The lowest BCUT2D eigenvalue weighted by Crippen LogP contribution is -2.58. The van der Waals surface area contributed by atoms with E-state index >= 15 is 0 Å². The standard InChI is InChI=1S/C26H29F3N6O5/c1-34(21(36)18(8-14-2-3-14)33-24(39)26(27,28)29)19(9-15-4-5-15)22(37)35-13-25(10-16(35)11-30)23(38)32-17-6-7-31-12-20(17)40-25/h6-7,12,14-16,18-19H,2-5,8-10,13H2,1H3,(H,32,38)(H,33,39). The number of nitrogens with one attached hydrogen (secondary N) is 2. The molecule has 14 heteroatoms.